The van der Waals surface area contributed by atoms with Crippen molar-refractivity contribution in [2.75, 3.05) is 31.8 Å². The van der Waals surface area contributed by atoms with Gasteiger partial charge in [-0.1, -0.05) is 28.1 Å². The van der Waals surface area contributed by atoms with Crippen LogP contribution in [0.2, 0.25) is 0 Å². The minimum absolute atomic E-state index is 0.0750. The number of hydrogen-bond donors (Lipinski definition) is 0. The number of ether oxygens (including phenoxy) is 1. The van der Waals surface area contributed by atoms with Crippen molar-refractivity contribution in [3.05, 3.63) is 29.8 Å². The molecule has 0 bridgehead atoms. The molecule has 1 fully saturated rings. The third-order valence-corrected chi connectivity index (χ3v) is 7.27. The molecule has 1 heterocycles. The second kappa shape index (κ2) is 7.97. The minimum atomic E-state index is -3.46. The SMILES string of the molecule is COCCN(C1CCSC1)S(=O)(=O)c1ccc(CBr)cc1. The molecule has 1 aliphatic heterocycles. The van der Waals surface area contributed by atoms with E-state index in [-0.39, 0.29) is 6.04 Å². The molecule has 0 spiro atoms. The first-order valence-electron chi connectivity index (χ1n) is 6.83. The number of sulfonamides is 1. The summed E-state index contributed by atoms with van der Waals surface area (Å²) < 4.78 is 32.4. The average Bonchev–Trinajstić information content (AvgIpc) is 3.01. The number of benzene rings is 1. The fraction of sp³-hybridized carbons (Fsp3) is 0.571. The van der Waals surface area contributed by atoms with E-state index in [9.17, 15) is 8.42 Å². The standard InChI is InChI=1S/C14H20BrNO3S2/c1-19-8-7-16(13-6-9-20-11-13)21(17,18)14-4-2-12(10-15)3-5-14/h2-5,13H,6-11H2,1H3. The normalized spacial score (nSPS) is 19.3. The highest BCUT2D eigenvalue weighted by Gasteiger charge is 2.33. The number of alkyl halides is 1. The van der Waals surface area contributed by atoms with Crippen LogP contribution in [0.4, 0.5) is 0 Å². The van der Waals surface area contributed by atoms with Gasteiger partial charge in [0.2, 0.25) is 10.0 Å². The van der Waals surface area contributed by atoms with Crippen molar-refractivity contribution in [1.82, 2.24) is 4.31 Å². The lowest BCUT2D eigenvalue weighted by Gasteiger charge is -2.27. The van der Waals surface area contributed by atoms with Gasteiger partial charge >= 0.3 is 0 Å². The lowest BCUT2D eigenvalue weighted by Crippen LogP contribution is -2.42. The van der Waals surface area contributed by atoms with Crippen LogP contribution in [0.25, 0.3) is 0 Å². The first-order valence-corrected chi connectivity index (χ1v) is 10.5. The Morgan fingerprint density at radius 3 is 2.62 bits per heavy atom. The van der Waals surface area contributed by atoms with Crippen LogP contribution >= 0.6 is 27.7 Å². The molecule has 4 nitrogen and oxygen atoms in total. The average molecular weight is 394 g/mol. The van der Waals surface area contributed by atoms with Gasteiger partial charge in [0.15, 0.2) is 0 Å². The molecule has 1 unspecified atom stereocenters. The fourth-order valence-electron chi connectivity index (χ4n) is 2.32. The number of thioether (sulfide) groups is 1. The van der Waals surface area contributed by atoms with Gasteiger partial charge in [-0.05, 0) is 29.9 Å². The zero-order valence-electron chi connectivity index (χ0n) is 12.0. The molecule has 1 saturated heterocycles. The summed E-state index contributed by atoms with van der Waals surface area (Å²) in [5, 5.41) is 0.722. The molecule has 7 heteroatoms. The van der Waals surface area contributed by atoms with Gasteiger partial charge in [0.25, 0.3) is 0 Å². The van der Waals surface area contributed by atoms with Gasteiger partial charge in [-0.15, -0.1) is 0 Å². The summed E-state index contributed by atoms with van der Waals surface area (Å²) in [6.45, 7) is 0.824. The molecule has 0 amide bonds. The zero-order valence-corrected chi connectivity index (χ0v) is 15.2. The molecule has 1 atom stereocenters. The second-order valence-corrected chi connectivity index (χ2v) is 8.50. The van der Waals surface area contributed by atoms with Crippen LogP contribution in [0.1, 0.15) is 12.0 Å². The molecule has 0 radical (unpaired) electrons. The topological polar surface area (TPSA) is 46.6 Å². The van der Waals surface area contributed by atoms with E-state index in [4.69, 9.17) is 4.74 Å². The van der Waals surface area contributed by atoms with E-state index >= 15 is 0 Å². The molecule has 0 N–H and O–H groups in total. The molecule has 1 aliphatic rings. The Morgan fingerprint density at radius 1 is 1.38 bits per heavy atom. The maximum absolute atomic E-state index is 12.9. The zero-order chi connectivity index (χ0) is 15.3. The number of hydrogen-bond acceptors (Lipinski definition) is 4. The van der Waals surface area contributed by atoms with Crippen LogP contribution in [0.15, 0.2) is 29.2 Å². The predicted molar refractivity (Wildman–Crippen MR) is 90.6 cm³/mol. The first kappa shape index (κ1) is 17.3. The van der Waals surface area contributed by atoms with Crippen molar-refractivity contribution in [1.29, 1.82) is 0 Å². The highest BCUT2D eigenvalue weighted by Crippen LogP contribution is 2.27. The fourth-order valence-corrected chi connectivity index (χ4v) is 5.65. The molecule has 2 rings (SSSR count). The summed E-state index contributed by atoms with van der Waals surface area (Å²) in [5.41, 5.74) is 1.06. The van der Waals surface area contributed by atoms with Crippen molar-refractivity contribution >= 4 is 37.7 Å². The highest BCUT2D eigenvalue weighted by atomic mass is 79.9. The molecule has 118 valence electrons. The Balaban J connectivity index is 2.26. The number of methoxy groups -OCH3 is 1. The van der Waals surface area contributed by atoms with E-state index in [0.717, 1.165) is 28.8 Å². The summed E-state index contributed by atoms with van der Waals surface area (Å²) in [7, 11) is -1.86. The molecule has 1 aromatic carbocycles. The first-order chi connectivity index (χ1) is 10.1. The van der Waals surface area contributed by atoms with E-state index in [1.54, 1.807) is 23.5 Å². The molecular formula is C14H20BrNO3S2. The Bertz CT molecular complexity index is 542. The van der Waals surface area contributed by atoms with Crippen molar-refractivity contribution in [3.8, 4) is 0 Å². The smallest absolute Gasteiger partial charge is 0.243 e. The van der Waals surface area contributed by atoms with E-state index in [2.05, 4.69) is 15.9 Å². The maximum Gasteiger partial charge on any atom is 0.243 e. The summed E-state index contributed by atoms with van der Waals surface area (Å²) >= 11 is 5.18. The number of halogens is 1. The van der Waals surface area contributed by atoms with Crippen molar-refractivity contribution in [2.24, 2.45) is 0 Å². The molecule has 21 heavy (non-hydrogen) atoms. The van der Waals surface area contributed by atoms with E-state index in [1.165, 1.54) is 0 Å². The van der Waals surface area contributed by atoms with Crippen molar-refractivity contribution < 1.29 is 13.2 Å². The number of rotatable bonds is 7. The second-order valence-electron chi connectivity index (χ2n) is 4.90. The molecule has 0 aliphatic carbocycles. The minimum Gasteiger partial charge on any atom is -0.383 e. The van der Waals surface area contributed by atoms with Gasteiger partial charge in [0.1, 0.15) is 0 Å². The van der Waals surface area contributed by atoms with E-state index < -0.39 is 10.0 Å². The van der Waals surface area contributed by atoms with Crippen LogP contribution in [-0.4, -0.2) is 50.5 Å². The Hall–Kier alpha value is -0.0800. The van der Waals surface area contributed by atoms with Crippen LogP contribution < -0.4 is 0 Å². The quantitative estimate of drug-likeness (QED) is 0.668. The largest absolute Gasteiger partial charge is 0.383 e. The van der Waals surface area contributed by atoms with Gasteiger partial charge in [-0.2, -0.15) is 16.1 Å². The molecular weight excluding hydrogens is 374 g/mol. The highest BCUT2D eigenvalue weighted by molar-refractivity contribution is 9.08. The number of nitrogens with zero attached hydrogens (tertiary/aromatic N) is 1. The maximum atomic E-state index is 12.9. The van der Waals surface area contributed by atoms with Crippen molar-refractivity contribution in [2.45, 2.75) is 22.7 Å². The summed E-state index contributed by atoms with van der Waals surface area (Å²) in [5.74, 6) is 1.88. The van der Waals surface area contributed by atoms with Gasteiger partial charge in [-0.3, -0.25) is 0 Å². The molecule has 0 aromatic heterocycles. The van der Waals surface area contributed by atoms with Crippen LogP contribution in [0.3, 0.4) is 0 Å². The monoisotopic (exact) mass is 393 g/mol. The Labute approximate surface area is 139 Å². The third-order valence-electron chi connectivity index (χ3n) is 3.51. The predicted octanol–water partition coefficient (Wildman–Crippen LogP) is 2.72. The van der Waals surface area contributed by atoms with Crippen LogP contribution in [0, 0.1) is 0 Å². The Morgan fingerprint density at radius 2 is 2.10 bits per heavy atom. The molecule has 0 saturated carbocycles. The van der Waals surface area contributed by atoms with Gasteiger partial charge in [0, 0.05) is 30.8 Å². The van der Waals surface area contributed by atoms with E-state index in [0.29, 0.717) is 18.0 Å². The third kappa shape index (κ3) is 4.22. The Kier molecular flexibility index (Phi) is 6.55. The van der Waals surface area contributed by atoms with Crippen molar-refractivity contribution in [3.63, 3.8) is 0 Å². The van der Waals surface area contributed by atoms with Crippen LogP contribution in [-0.2, 0) is 20.1 Å². The van der Waals surface area contributed by atoms with Crippen LogP contribution in [0.5, 0.6) is 0 Å². The van der Waals surface area contributed by atoms with Gasteiger partial charge in [-0.25, -0.2) is 8.42 Å². The lowest BCUT2D eigenvalue weighted by molar-refractivity contribution is 0.169. The van der Waals surface area contributed by atoms with E-state index in [1.807, 2.05) is 23.9 Å². The summed E-state index contributed by atoms with van der Waals surface area (Å²) in [4.78, 5) is 0.361. The summed E-state index contributed by atoms with van der Waals surface area (Å²) in [6, 6.07) is 7.15. The summed E-state index contributed by atoms with van der Waals surface area (Å²) in [6.07, 6.45) is 0.910. The lowest BCUT2D eigenvalue weighted by atomic mass is 10.2. The van der Waals surface area contributed by atoms with Gasteiger partial charge in [0.05, 0.1) is 11.5 Å². The molecule has 1 aromatic rings. The van der Waals surface area contributed by atoms with Gasteiger partial charge < -0.3 is 4.74 Å².